The van der Waals surface area contributed by atoms with Crippen LogP contribution in [0.5, 0.6) is 0 Å². The maximum atomic E-state index is 11.7. The van der Waals surface area contributed by atoms with Gasteiger partial charge in [-0.1, -0.05) is 12.1 Å². The molecule has 0 aliphatic heterocycles. The molecule has 5 nitrogen and oxygen atoms in total. The molecule has 0 atom stereocenters. The quantitative estimate of drug-likeness (QED) is 0.853. The number of alkyl halides is 1. The smallest absolute Gasteiger partial charge is 0.407 e. The minimum Gasteiger partial charge on any atom is -0.444 e. The van der Waals surface area contributed by atoms with Crippen molar-refractivity contribution in [1.29, 1.82) is 0 Å². The second-order valence-corrected chi connectivity index (χ2v) is 6.17. The zero-order valence-corrected chi connectivity index (χ0v) is 15.5. The Bertz CT molecular complexity index is 496. The number of amides is 2. The summed E-state index contributed by atoms with van der Waals surface area (Å²) < 4.78 is 4.84. The predicted molar refractivity (Wildman–Crippen MR) is 93.9 cm³/mol. The van der Waals surface area contributed by atoms with Gasteiger partial charge in [0, 0.05) is 32.1 Å². The molecule has 1 rings (SSSR count). The number of benzene rings is 1. The number of carbonyl (C=O) groups is 2. The van der Waals surface area contributed by atoms with E-state index in [9.17, 15) is 9.59 Å². The van der Waals surface area contributed by atoms with E-state index in [2.05, 4.69) is 5.32 Å². The molecule has 0 saturated heterocycles. The van der Waals surface area contributed by atoms with Gasteiger partial charge in [0.1, 0.15) is 5.60 Å². The van der Waals surface area contributed by atoms with Crippen LogP contribution in [0.1, 0.15) is 43.6 Å². The highest BCUT2D eigenvalue weighted by molar-refractivity contribution is 6.17. The molecule has 2 amide bonds. The molecule has 1 aromatic rings. The molecule has 0 aliphatic rings. The Morgan fingerprint density at radius 2 is 1.74 bits per heavy atom. The van der Waals surface area contributed by atoms with Gasteiger partial charge >= 0.3 is 6.09 Å². The zero-order chi connectivity index (χ0) is 18.0. The van der Waals surface area contributed by atoms with Crippen LogP contribution in [0.2, 0.25) is 0 Å². The highest BCUT2D eigenvalue weighted by Gasteiger charge is 2.14. The van der Waals surface area contributed by atoms with Gasteiger partial charge in [0.2, 0.25) is 0 Å². The van der Waals surface area contributed by atoms with Crippen LogP contribution in [0.15, 0.2) is 24.3 Å². The second kappa shape index (κ2) is 10.1. The molecule has 0 radical (unpaired) electrons. The summed E-state index contributed by atoms with van der Waals surface area (Å²) in [5.74, 6) is 0.534. The van der Waals surface area contributed by atoms with Gasteiger partial charge in [-0.2, -0.15) is 0 Å². The second-order valence-electron chi connectivity index (χ2n) is 5.90. The maximum absolute atomic E-state index is 11.7. The number of alkyl carbamates (subject to hydrolysis) is 1. The Balaban J connectivity index is 0.000000468. The van der Waals surface area contributed by atoms with Crippen LogP contribution in [0, 0.1) is 0 Å². The summed E-state index contributed by atoms with van der Waals surface area (Å²) in [6, 6.07) is 7.38. The number of halogens is 1. The number of nitrogens with zero attached hydrogens (tertiary/aromatic N) is 1. The lowest BCUT2D eigenvalue weighted by atomic mass is 10.1. The number of ether oxygens (including phenoxy) is 1. The van der Waals surface area contributed by atoms with E-state index in [4.69, 9.17) is 16.3 Å². The van der Waals surface area contributed by atoms with Crippen molar-refractivity contribution in [3.05, 3.63) is 35.4 Å². The summed E-state index contributed by atoms with van der Waals surface area (Å²) in [6.07, 6.45) is -0.387. The van der Waals surface area contributed by atoms with E-state index in [1.165, 1.54) is 7.05 Å². The number of hydrogen-bond donors (Lipinski definition) is 1. The molecule has 0 aromatic heterocycles. The van der Waals surface area contributed by atoms with Crippen LogP contribution in [-0.4, -0.2) is 43.1 Å². The Morgan fingerprint density at radius 1 is 1.22 bits per heavy atom. The lowest BCUT2D eigenvalue weighted by Crippen LogP contribution is -2.30. The highest BCUT2D eigenvalue weighted by atomic mass is 35.5. The van der Waals surface area contributed by atoms with Crippen molar-refractivity contribution in [1.82, 2.24) is 10.2 Å². The minimum absolute atomic E-state index is 0.0497. The largest absolute Gasteiger partial charge is 0.444 e. The average molecular weight is 343 g/mol. The van der Waals surface area contributed by atoms with E-state index < -0.39 is 0 Å². The van der Waals surface area contributed by atoms with Gasteiger partial charge in [0.25, 0.3) is 5.91 Å². The molecular weight excluding hydrogens is 316 g/mol. The molecule has 0 heterocycles. The summed E-state index contributed by atoms with van der Waals surface area (Å²) in [4.78, 5) is 23.8. The van der Waals surface area contributed by atoms with E-state index in [1.54, 1.807) is 11.9 Å². The van der Waals surface area contributed by atoms with Gasteiger partial charge in [-0.15, -0.1) is 11.6 Å². The highest BCUT2D eigenvalue weighted by Crippen LogP contribution is 2.08. The van der Waals surface area contributed by atoms with E-state index in [0.717, 1.165) is 12.1 Å². The molecule has 0 fully saturated rings. The summed E-state index contributed by atoms with van der Waals surface area (Å²) in [5.41, 5.74) is 1.35. The van der Waals surface area contributed by atoms with E-state index in [0.29, 0.717) is 11.4 Å². The molecule has 0 spiro atoms. The SMILES string of the molecule is CCN(C)C(=O)c1ccc(CCl)cc1.CNC(=O)OC(C)(C)C. The van der Waals surface area contributed by atoms with Crippen LogP contribution in [0.3, 0.4) is 0 Å². The fraction of sp³-hybridized carbons (Fsp3) is 0.529. The topological polar surface area (TPSA) is 58.6 Å². The van der Waals surface area contributed by atoms with E-state index in [1.807, 2.05) is 52.0 Å². The van der Waals surface area contributed by atoms with Crippen molar-refractivity contribution in [3.8, 4) is 0 Å². The molecule has 130 valence electrons. The first-order chi connectivity index (χ1) is 10.6. The number of carbonyl (C=O) groups excluding carboxylic acids is 2. The summed E-state index contributed by atoms with van der Waals surface area (Å²) >= 11 is 5.65. The fourth-order valence-electron chi connectivity index (χ4n) is 1.43. The van der Waals surface area contributed by atoms with Crippen LogP contribution >= 0.6 is 11.6 Å². The first kappa shape index (κ1) is 21.2. The third-order valence-electron chi connectivity index (χ3n) is 2.78. The van der Waals surface area contributed by atoms with Crippen molar-refractivity contribution in [3.63, 3.8) is 0 Å². The van der Waals surface area contributed by atoms with Crippen LogP contribution in [0.25, 0.3) is 0 Å². The lowest BCUT2D eigenvalue weighted by Gasteiger charge is -2.18. The summed E-state index contributed by atoms with van der Waals surface area (Å²) in [5, 5.41) is 2.36. The molecule has 1 N–H and O–H groups in total. The molecule has 1 aromatic carbocycles. The molecule has 23 heavy (non-hydrogen) atoms. The van der Waals surface area contributed by atoms with Gasteiger partial charge in [-0.3, -0.25) is 4.79 Å². The number of hydrogen-bond acceptors (Lipinski definition) is 3. The van der Waals surface area contributed by atoms with Crippen molar-refractivity contribution < 1.29 is 14.3 Å². The lowest BCUT2D eigenvalue weighted by molar-refractivity contribution is 0.0541. The van der Waals surface area contributed by atoms with Crippen LogP contribution in [-0.2, 0) is 10.6 Å². The zero-order valence-electron chi connectivity index (χ0n) is 14.8. The Morgan fingerprint density at radius 3 is 2.04 bits per heavy atom. The Kier molecular flexibility index (Phi) is 9.34. The van der Waals surface area contributed by atoms with E-state index >= 15 is 0 Å². The first-order valence-electron chi connectivity index (χ1n) is 7.45. The monoisotopic (exact) mass is 342 g/mol. The van der Waals surface area contributed by atoms with Gasteiger partial charge < -0.3 is 15.0 Å². The van der Waals surface area contributed by atoms with Gasteiger partial charge in [0.05, 0.1) is 0 Å². The van der Waals surface area contributed by atoms with Gasteiger partial charge in [-0.05, 0) is 45.4 Å². The van der Waals surface area contributed by atoms with Crippen LogP contribution in [0.4, 0.5) is 4.79 Å². The van der Waals surface area contributed by atoms with Gasteiger partial charge in [0.15, 0.2) is 0 Å². The fourth-order valence-corrected chi connectivity index (χ4v) is 1.61. The Hall–Kier alpha value is -1.75. The third kappa shape index (κ3) is 9.08. The van der Waals surface area contributed by atoms with E-state index in [-0.39, 0.29) is 17.6 Å². The molecule has 6 heteroatoms. The van der Waals surface area contributed by atoms with Crippen molar-refractivity contribution in [2.45, 2.75) is 39.2 Å². The maximum Gasteiger partial charge on any atom is 0.407 e. The summed E-state index contributed by atoms with van der Waals surface area (Å²) in [7, 11) is 3.33. The minimum atomic E-state index is -0.389. The van der Waals surface area contributed by atoms with Crippen molar-refractivity contribution in [2.75, 3.05) is 20.6 Å². The van der Waals surface area contributed by atoms with Gasteiger partial charge in [-0.25, -0.2) is 4.79 Å². The Labute approximate surface area is 144 Å². The molecule has 0 unspecified atom stereocenters. The first-order valence-corrected chi connectivity index (χ1v) is 7.99. The standard InChI is InChI=1S/C11H14ClNO.C6H13NO2/c1-3-13(2)11(14)10-6-4-9(8-12)5-7-10;1-6(2,3)9-5(8)7-4/h4-7H,3,8H2,1-2H3;1-4H3,(H,7,8). The summed E-state index contributed by atoms with van der Waals surface area (Å²) in [6.45, 7) is 8.13. The number of nitrogens with one attached hydrogen (secondary N) is 1. The normalized spacial score (nSPS) is 10.2. The van der Waals surface area contributed by atoms with Crippen molar-refractivity contribution in [2.24, 2.45) is 0 Å². The molecule has 0 bridgehead atoms. The molecule has 0 saturated carbocycles. The average Bonchev–Trinajstić information content (AvgIpc) is 2.52. The van der Waals surface area contributed by atoms with Crippen molar-refractivity contribution >= 4 is 23.6 Å². The van der Waals surface area contributed by atoms with Crippen LogP contribution < -0.4 is 5.32 Å². The molecular formula is C17H27ClN2O3. The molecule has 0 aliphatic carbocycles. The third-order valence-corrected chi connectivity index (χ3v) is 3.09. The number of rotatable bonds is 3. The predicted octanol–water partition coefficient (Wildman–Crippen LogP) is 3.66.